The van der Waals surface area contributed by atoms with Gasteiger partial charge in [-0.15, -0.1) is 0 Å². The summed E-state index contributed by atoms with van der Waals surface area (Å²) in [4.78, 5) is 21.0. The largest absolute Gasteiger partial charge is 0.428 e. The number of ether oxygens (including phenoxy) is 2. The second-order valence-electron chi connectivity index (χ2n) is 2.23. The van der Waals surface area contributed by atoms with Gasteiger partial charge in [-0.2, -0.15) is 0 Å². The summed E-state index contributed by atoms with van der Waals surface area (Å²) in [5.41, 5.74) is 5.32. The van der Waals surface area contributed by atoms with E-state index in [4.69, 9.17) is 5.73 Å². The van der Waals surface area contributed by atoms with Crippen LogP contribution in [-0.4, -0.2) is 24.8 Å². The molecule has 5 nitrogen and oxygen atoms in total. The Kier molecular flexibility index (Phi) is 5.03. The van der Waals surface area contributed by atoms with Crippen molar-refractivity contribution in [2.75, 3.05) is 6.79 Å². The molecule has 0 amide bonds. The van der Waals surface area contributed by atoms with Gasteiger partial charge in [0.05, 0.1) is 0 Å². The Balaban J connectivity index is 3.50. The minimum Gasteiger partial charge on any atom is -0.428 e. The van der Waals surface area contributed by atoms with Gasteiger partial charge in [0.25, 0.3) is 0 Å². The Labute approximate surface area is 70.8 Å². The molecule has 1 atom stereocenters. The average Bonchev–Trinajstić information content (AvgIpc) is 2.02. The van der Waals surface area contributed by atoms with Gasteiger partial charge in [-0.25, -0.2) is 0 Å². The fraction of sp³-hybridized carbons (Fsp3) is 0.714. The quantitative estimate of drug-likeness (QED) is 0.472. The van der Waals surface area contributed by atoms with Gasteiger partial charge in [0, 0.05) is 6.92 Å². The normalized spacial score (nSPS) is 11.9. The summed E-state index contributed by atoms with van der Waals surface area (Å²) in [6.45, 7) is 2.63. The highest BCUT2D eigenvalue weighted by Crippen LogP contribution is 1.90. The number of rotatable bonds is 4. The number of nitrogens with two attached hydrogens (primary N) is 1. The summed E-state index contributed by atoms with van der Waals surface area (Å²) in [6.07, 6.45) is 0.499. The standard InChI is InChI=1S/C7H13NO4/c1-3-6(8)7(10)12-4-11-5(2)9/h6H,3-4,8H2,1-2H3. The lowest BCUT2D eigenvalue weighted by Crippen LogP contribution is -2.32. The SMILES string of the molecule is CCC(N)C(=O)OCOC(C)=O. The van der Waals surface area contributed by atoms with Gasteiger partial charge >= 0.3 is 11.9 Å². The Morgan fingerprint density at radius 3 is 2.42 bits per heavy atom. The first kappa shape index (κ1) is 10.9. The molecule has 0 heterocycles. The molecule has 0 aromatic carbocycles. The number of hydrogen-bond acceptors (Lipinski definition) is 5. The highest BCUT2D eigenvalue weighted by Gasteiger charge is 2.12. The number of esters is 2. The zero-order valence-corrected chi connectivity index (χ0v) is 7.20. The molecule has 1 unspecified atom stereocenters. The molecular weight excluding hydrogens is 162 g/mol. The van der Waals surface area contributed by atoms with E-state index in [1.165, 1.54) is 6.92 Å². The minimum atomic E-state index is -0.638. The lowest BCUT2D eigenvalue weighted by atomic mass is 10.2. The predicted octanol–water partition coefficient (Wildman–Crippen LogP) is -0.213. The molecule has 0 fully saturated rings. The van der Waals surface area contributed by atoms with Gasteiger partial charge in [-0.3, -0.25) is 9.59 Å². The molecule has 0 bridgehead atoms. The van der Waals surface area contributed by atoms with Crippen LogP contribution in [0.25, 0.3) is 0 Å². The molecule has 70 valence electrons. The fourth-order valence-electron chi connectivity index (χ4n) is 0.444. The van der Waals surface area contributed by atoms with Gasteiger partial charge in [-0.1, -0.05) is 6.92 Å². The van der Waals surface area contributed by atoms with Crippen LogP contribution in [0.2, 0.25) is 0 Å². The maximum atomic E-state index is 10.8. The van der Waals surface area contributed by atoms with Crippen molar-refractivity contribution in [1.29, 1.82) is 0 Å². The van der Waals surface area contributed by atoms with E-state index in [0.717, 1.165) is 0 Å². The lowest BCUT2D eigenvalue weighted by molar-refractivity contribution is -0.166. The number of hydrogen-bond donors (Lipinski definition) is 1. The molecule has 0 aliphatic rings. The van der Waals surface area contributed by atoms with Crippen LogP contribution in [0.1, 0.15) is 20.3 Å². The smallest absolute Gasteiger partial charge is 0.325 e. The van der Waals surface area contributed by atoms with Crippen molar-refractivity contribution in [3.05, 3.63) is 0 Å². The van der Waals surface area contributed by atoms with Crippen molar-refractivity contribution in [3.63, 3.8) is 0 Å². The Hall–Kier alpha value is -1.10. The number of carbonyl (C=O) groups excluding carboxylic acids is 2. The lowest BCUT2D eigenvalue weighted by Gasteiger charge is -2.08. The molecule has 0 aliphatic heterocycles. The molecule has 12 heavy (non-hydrogen) atoms. The van der Waals surface area contributed by atoms with E-state index >= 15 is 0 Å². The van der Waals surface area contributed by atoms with Crippen LogP contribution in [0.15, 0.2) is 0 Å². The van der Waals surface area contributed by atoms with Crippen LogP contribution in [0.3, 0.4) is 0 Å². The van der Waals surface area contributed by atoms with E-state index in [0.29, 0.717) is 6.42 Å². The summed E-state index contributed by atoms with van der Waals surface area (Å²) in [7, 11) is 0. The predicted molar refractivity (Wildman–Crippen MR) is 41.0 cm³/mol. The van der Waals surface area contributed by atoms with Gasteiger partial charge in [0.2, 0.25) is 6.79 Å². The minimum absolute atomic E-state index is 0.359. The van der Waals surface area contributed by atoms with Crippen LogP contribution in [0.4, 0.5) is 0 Å². The fourth-order valence-corrected chi connectivity index (χ4v) is 0.444. The summed E-state index contributed by atoms with van der Waals surface area (Å²) in [5, 5.41) is 0. The van der Waals surface area contributed by atoms with E-state index in [9.17, 15) is 9.59 Å². The molecule has 0 spiro atoms. The van der Waals surface area contributed by atoms with Gasteiger partial charge in [0.15, 0.2) is 0 Å². The van der Waals surface area contributed by atoms with Gasteiger partial charge < -0.3 is 15.2 Å². The molecule has 0 rings (SSSR count). The molecule has 0 saturated heterocycles. The van der Waals surface area contributed by atoms with Crippen LogP contribution in [-0.2, 0) is 19.1 Å². The van der Waals surface area contributed by atoms with Crippen LogP contribution in [0, 0.1) is 0 Å². The zero-order chi connectivity index (χ0) is 9.56. The topological polar surface area (TPSA) is 78.6 Å². The monoisotopic (exact) mass is 175 g/mol. The molecule has 0 aromatic heterocycles. The highest BCUT2D eigenvalue weighted by atomic mass is 16.7. The third-order valence-electron chi connectivity index (χ3n) is 1.21. The van der Waals surface area contributed by atoms with Crippen LogP contribution in [0.5, 0.6) is 0 Å². The average molecular weight is 175 g/mol. The number of carbonyl (C=O) groups is 2. The van der Waals surface area contributed by atoms with Crippen molar-refractivity contribution < 1.29 is 19.1 Å². The Bertz CT molecular complexity index is 169. The first-order valence-corrected chi connectivity index (χ1v) is 3.63. The van der Waals surface area contributed by atoms with Crippen molar-refractivity contribution >= 4 is 11.9 Å². The third-order valence-corrected chi connectivity index (χ3v) is 1.21. The summed E-state index contributed by atoms with van der Waals surface area (Å²) < 4.78 is 8.87. The van der Waals surface area contributed by atoms with Crippen molar-refractivity contribution in [1.82, 2.24) is 0 Å². The molecule has 0 aliphatic carbocycles. The Morgan fingerprint density at radius 2 is 2.00 bits per heavy atom. The van der Waals surface area contributed by atoms with Gasteiger partial charge in [0.1, 0.15) is 6.04 Å². The second kappa shape index (κ2) is 5.54. The van der Waals surface area contributed by atoms with E-state index in [1.54, 1.807) is 6.92 Å². The molecular formula is C7H13NO4. The zero-order valence-electron chi connectivity index (χ0n) is 7.20. The van der Waals surface area contributed by atoms with E-state index in [1.807, 2.05) is 0 Å². The molecule has 5 heteroatoms. The third kappa shape index (κ3) is 4.68. The van der Waals surface area contributed by atoms with Crippen LogP contribution < -0.4 is 5.73 Å². The highest BCUT2D eigenvalue weighted by molar-refractivity contribution is 5.75. The molecule has 0 radical (unpaired) electrons. The summed E-state index contributed by atoms with van der Waals surface area (Å²) in [6, 6.07) is -0.638. The van der Waals surface area contributed by atoms with Crippen LogP contribution >= 0.6 is 0 Å². The van der Waals surface area contributed by atoms with Crippen molar-refractivity contribution in [2.24, 2.45) is 5.73 Å². The Morgan fingerprint density at radius 1 is 1.42 bits per heavy atom. The van der Waals surface area contributed by atoms with Crippen molar-refractivity contribution in [2.45, 2.75) is 26.3 Å². The second-order valence-corrected chi connectivity index (χ2v) is 2.23. The van der Waals surface area contributed by atoms with E-state index in [-0.39, 0.29) is 6.79 Å². The first-order chi connectivity index (χ1) is 5.57. The summed E-state index contributed by atoms with van der Waals surface area (Å²) >= 11 is 0. The maximum Gasteiger partial charge on any atom is 0.325 e. The van der Waals surface area contributed by atoms with E-state index < -0.39 is 18.0 Å². The molecule has 0 aromatic rings. The van der Waals surface area contributed by atoms with Gasteiger partial charge in [-0.05, 0) is 6.42 Å². The summed E-state index contributed by atoms with van der Waals surface area (Å²) in [5.74, 6) is -1.05. The molecule has 2 N–H and O–H groups in total. The first-order valence-electron chi connectivity index (χ1n) is 3.63. The maximum absolute atomic E-state index is 10.8. The van der Waals surface area contributed by atoms with E-state index in [2.05, 4.69) is 9.47 Å². The molecule has 0 saturated carbocycles. The van der Waals surface area contributed by atoms with Crippen molar-refractivity contribution in [3.8, 4) is 0 Å².